The number of primary amides is 1. The van der Waals surface area contributed by atoms with E-state index in [1.54, 1.807) is 0 Å². The summed E-state index contributed by atoms with van der Waals surface area (Å²) in [6, 6.07) is 0.837. The van der Waals surface area contributed by atoms with Crippen molar-refractivity contribution in [2.45, 2.75) is 70.5 Å². The molecule has 3 unspecified atom stereocenters. The summed E-state index contributed by atoms with van der Waals surface area (Å²) in [6.45, 7) is 8.84. The lowest BCUT2D eigenvalue weighted by Crippen LogP contribution is -2.56. The second kappa shape index (κ2) is 5.80. The number of nitrogens with one attached hydrogen (secondary N) is 1. The summed E-state index contributed by atoms with van der Waals surface area (Å²) in [5, 5.41) is 3.43. The van der Waals surface area contributed by atoms with E-state index in [-0.39, 0.29) is 5.91 Å². The monoisotopic (exact) mass is 267 g/mol. The van der Waals surface area contributed by atoms with E-state index in [4.69, 9.17) is 5.73 Å². The standard InChI is InChI=1S/C15H29N3O/c1-4-12-6-8-18(10-12)13-5-7-15(9-13,14(16)19)17-11(2)3/h11-13,17H,4-10H2,1-3H3,(H2,16,19). The van der Waals surface area contributed by atoms with Crippen molar-refractivity contribution >= 4 is 5.91 Å². The van der Waals surface area contributed by atoms with Gasteiger partial charge in [0.05, 0.1) is 5.54 Å². The van der Waals surface area contributed by atoms with E-state index in [1.165, 1.54) is 25.9 Å². The molecule has 2 fully saturated rings. The van der Waals surface area contributed by atoms with Gasteiger partial charge in [0.25, 0.3) is 0 Å². The minimum atomic E-state index is -0.469. The first-order chi connectivity index (χ1) is 8.97. The smallest absolute Gasteiger partial charge is 0.237 e. The zero-order valence-electron chi connectivity index (χ0n) is 12.6. The Morgan fingerprint density at radius 1 is 1.47 bits per heavy atom. The molecule has 1 heterocycles. The van der Waals surface area contributed by atoms with Crippen LogP contribution in [0.4, 0.5) is 0 Å². The summed E-state index contributed by atoms with van der Waals surface area (Å²) in [7, 11) is 0. The van der Waals surface area contributed by atoms with E-state index in [0.29, 0.717) is 12.1 Å². The number of nitrogens with zero attached hydrogens (tertiary/aromatic N) is 1. The summed E-state index contributed by atoms with van der Waals surface area (Å²) in [5.74, 6) is 0.677. The van der Waals surface area contributed by atoms with Crippen molar-refractivity contribution in [1.82, 2.24) is 10.2 Å². The van der Waals surface area contributed by atoms with Gasteiger partial charge in [-0.3, -0.25) is 4.79 Å². The zero-order chi connectivity index (χ0) is 14.0. The van der Waals surface area contributed by atoms with E-state index in [9.17, 15) is 4.79 Å². The van der Waals surface area contributed by atoms with Crippen molar-refractivity contribution in [2.24, 2.45) is 11.7 Å². The summed E-state index contributed by atoms with van der Waals surface area (Å²) < 4.78 is 0. The van der Waals surface area contributed by atoms with Crippen LogP contribution < -0.4 is 11.1 Å². The van der Waals surface area contributed by atoms with Gasteiger partial charge in [0, 0.05) is 18.6 Å². The molecule has 3 atom stereocenters. The maximum atomic E-state index is 11.9. The van der Waals surface area contributed by atoms with Gasteiger partial charge >= 0.3 is 0 Å². The number of carbonyl (C=O) groups excluding carboxylic acids is 1. The van der Waals surface area contributed by atoms with Crippen molar-refractivity contribution in [3.63, 3.8) is 0 Å². The number of nitrogens with two attached hydrogens (primary N) is 1. The number of hydrogen-bond acceptors (Lipinski definition) is 3. The van der Waals surface area contributed by atoms with Crippen molar-refractivity contribution in [2.75, 3.05) is 13.1 Å². The molecule has 1 saturated carbocycles. The van der Waals surface area contributed by atoms with Crippen LogP contribution in [0.1, 0.15) is 52.9 Å². The molecule has 2 rings (SSSR count). The van der Waals surface area contributed by atoms with Crippen LogP contribution in [-0.4, -0.2) is 41.5 Å². The molecule has 3 N–H and O–H groups in total. The average Bonchev–Trinajstić information content (AvgIpc) is 2.94. The summed E-state index contributed by atoms with van der Waals surface area (Å²) in [6.07, 6.45) is 5.46. The highest BCUT2D eigenvalue weighted by Crippen LogP contribution is 2.36. The molecule has 4 nitrogen and oxygen atoms in total. The third-order valence-corrected chi connectivity index (χ3v) is 4.94. The van der Waals surface area contributed by atoms with E-state index in [0.717, 1.165) is 25.2 Å². The van der Waals surface area contributed by atoms with Gasteiger partial charge in [-0.25, -0.2) is 0 Å². The van der Waals surface area contributed by atoms with E-state index >= 15 is 0 Å². The lowest BCUT2D eigenvalue weighted by Gasteiger charge is -2.31. The topological polar surface area (TPSA) is 58.4 Å². The Labute approximate surface area is 117 Å². The number of hydrogen-bond donors (Lipinski definition) is 2. The number of amides is 1. The van der Waals surface area contributed by atoms with Crippen LogP contribution in [0.2, 0.25) is 0 Å². The second-order valence-corrected chi connectivity index (χ2v) is 6.70. The molecule has 1 saturated heterocycles. The van der Waals surface area contributed by atoms with Crippen LogP contribution in [0.5, 0.6) is 0 Å². The van der Waals surface area contributed by atoms with Gasteiger partial charge in [-0.05, 0) is 52.0 Å². The molecule has 0 spiro atoms. The fourth-order valence-electron chi connectivity index (χ4n) is 3.84. The summed E-state index contributed by atoms with van der Waals surface area (Å²) in [4.78, 5) is 14.5. The van der Waals surface area contributed by atoms with Gasteiger partial charge in [0.15, 0.2) is 0 Å². The van der Waals surface area contributed by atoms with Gasteiger partial charge in [0.1, 0.15) is 0 Å². The van der Waals surface area contributed by atoms with Crippen LogP contribution in [0.3, 0.4) is 0 Å². The number of carbonyl (C=O) groups is 1. The highest BCUT2D eigenvalue weighted by Gasteiger charge is 2.46. The Kier molecular flexibility index (Phi) is 4.51. The molecule has 0 aromatic rings. The molecule has 1 aliphatic carbocycles. The van der Waals surface area contributed by atoms with Crippen molar-refractivity contribution in [1.29, 1.82) is 0 Å². The lowest BCUT2D eigenvalue weighted by atomic mass is 9.95. The Hall–Kier alpha value is -0.610. The van der Waals surface area contributed by atoms with Crippen LogP contribution in [-0.2, 0) is 4.79 Å². The van der Waals surface area contributed by atoms with Gasteiger partial charge in [-0.1, -0.05) is 13.3 Å². The molecule has 1 amide bonds. The maximum absolute atomic E-state index is 11.9. The molecule has 0 bridgehead atoms. The van der Waals surface area contributed by atoms with Crippen molar-refractivity contribution < 1.29 is 4.79 Å². The Bertz CT molecular complexity index is 331. The van der Waals surface area contributed by atoms with Crippen molar-refractivity contribution in [3.8, 4) is 0 Å². The first-order valence-electron chi connectivity index (χ1n) is 7.78. The highest BCUT2D eigenvalue weighted by molar-refractivity contribution is 5.85. The highest BCUT2D eigenvalue weighted by atomic mass is 16.1. The molecule has 110 valence electrons. The first-order valence-corrected chi connectivity index (χ1v) is 7.78. The summed E-state index contributed by atoms with van der Waals surface area (Å²) >= 11 is 0. The predicted molar refractivity (Wildman–Crippen MR) is 77.8 cm³/mol. The lowest BCUT2D eigenvalue weighted by molar-refractivity contribution is -0.124. The van der Waals surface area contributed by atoms with Gasteiger partial charge in [-0.15, -0.1) is 0 Å². The fourth-order valence-corrected chi connectivity index (χ4v) is 3.84. The second-order valence-electron chi connectivity index (χ2n) is 6.70. The molecule has 2 aliphatic rings. The molecular formula is C15H29N3O. The van der Waals surface area contributed by atoms with Crippen molar-refractivity contribution in [3.05, 3.63) is 0 Å². The Morgan fingerprint density at radius 2 is 2.21 bits per heavy atom. The molecule has 0 aromatic carbocycles. The molecule has 0 radical (unpaired) electrons. The quantitative estimate of drug-likeness (QED) is 0.793. The molecule has 4 heteroatoms. The summed E-state index contributed by atoms with van der Waals surface area (Å²) in [5.41, 5.74) is 5.21. The first kappa shape index (κ1) is 14.8. The predicted octanol–water partition coefficient (Wildman–Crippen LogP) is 1.49. The van der Waals surface area contributed by atoms with Crippen LogP contribution >= 0.6 is 0 Å². The average molecular weight is 267 g/mol. The van der Waals surface area contributed by atoms with E-state index in [1.807, 2.05) is 0 Å². The Balaban J connectivity index is 1.99. The SMILES string of the molecule is CCC1CCN(C2CCC(NC(C)C)(C(N)=O)C2)C1. The molecular weight excluding hydrogens is 238 g/mol. The zero-order valence-corrected chi connectivity index (χ0v) is 12.6. The van der Waals surface area contributed by atoms with Gasteiger partial charge in [-0.2, -0.15) is 0 Å². The third kappa shape index (κ3) is 3.11. The normalized spacial score (nSPS) is 36.2. The number of rotatable bonds is 5. The molecule has 19 heavy (non-hydrogen) atoms. The number of likely N-dealkylation sites (tertiary alicyclic amines) is 1. The Morgan fingerprint density at radius 3 is 2.74 bits per heavy atom. The fraction of sp³-hybridized carbons (Fsp3) is 0.933. The third-order valence-electron chi connectivity index (χ3n) is 4.94. The van der Waals surface area contributed by atoms with Crippen LogP contribution in [0, 0.1) is 5.92 Å². The minimum Gasteiger partial charge on any atom is -0.368 e. The maximum Gasteiger partial charge on any atom is 0.237 e. The van der Waals surface area contributed by atoms with Crippen LogP contribution in [0.25, 0.3) is 0 Å². The molecule has 1 aliphatic heterocycles. The van der Waals surface area contributed by atoms with E-state index < -0.39 is 5.54 Å². The van der Waals surface area contributed by atoms with E-state index in [2.05, 4.69) is 31.0 Å². The van der Waals surface area contributed by atoms with Crippen LogP contribution in [0.15, 0.2) is 0 Å². The van der Waals surface area contributed by atoms with Gasteiger partial charge < -0.3 is 16.0 Å². The minimum absolute atomic E-state index is 0.171. The largest absolute Gasteiger partial charge is 0.368 e. The molecule has 0 aromatic heterocycles. The van der Waals surface area contributed by atoms with Gasteiger partial charge in [0.2, 0.25) is 5.91 Å².